The van der Waals surface area contributed by atoms with Crippen molar-refractivity contribution in [1.29, 1.82) is 0 Å². The predicted octanol–water partition coefficient (Wildman–Crippen LogP) is 8.06. The van der Waals surface area contributed by atoms with Crippen LogP contribution < -0.4 is 10.1 Å². The lowest BCUT2D eigenvalue weighted by molar-refractivity contribution is -0.115. The zero-order valence-electron chi connectivity index (χ0n) is 17.8. The summed E-state index contributed by atoms with van der Waals surface area (Å²) in [7, 11) is 0. The van der Waals surface area contributed by atoms with Crippen LogP contribution in [0.2, 0.25) is 0 Å². The Labute approximate surface area is 222 Å². The van der Waals surface area contributed by atoms with Gasteiger partial charge < -0.3 is 10.1 Å². The summed E-state index contributed by atoms with van der Waals surface area (Å²) >= 11 is 11.9. The van der Waals surface area contributed by atoms with Crippen LogP contribution in [0, 0.1) is 13.8 Å². The maximum Gasteiger partial charge on any atom is 0.264 e. The van der Waals surface area contributed by atoms with Crippen LogP contribution in [-0.4, -0.2) is 11.1 Å². The van der Waals surface area contributed by atoms with Crippen LogP contribution in [0.3, 0.4) is 0 Å². The lowest BCUT2D eigenvalue weighted by atomic mass is 10.1. The molecule has 1 fully saturated rings. The Morgan fingerprint density at radius 3 is 2.36 bits per heavy atom. The number of carbonyl (C=O) groups excluding carboxylic acids is 1. The molecule has 0 spiro atoms. The summed E-state index contributed by atoms with van der Waals surface area (Å²) in [6, 6.07) is 17.8. The van der Waals surface area contributed by atoms with Gasteiger partial charge in [0, 0.05) is 8.95 Å². The number of hydrogen-bond acceptors (Lipinski definition) is 4. The fraction of sp³-hybridized carbons (Fsp3) is 0.120. The minimum atomic E-state index is -0.156. The van der Waals surface area contributed by atoms with Gasteiger partial charge >= 0.3 is 0 Å². The first-order valence-corrected chi connectivity index (χ1v) is 13.2. The largest absolute Gasteiger partial charge is 0.488 e. The van der Waals surface area contributed by atoms with E-state index in [1.807, 2.05) is 74.5 Å². The number of aliphatic imine (C=N–C) groups is 1. The molecule has 3 aromatic carbocycles. The number of benzene rings is 3. The van der Waals surface area contributed by atoms with E-state index in [2.05, 4.69) is 58.1 Å². The van der Waals surface area contributed by atoms with Crippen LogP contribution in [0.4, 0.5) is 5.69 Å². The molecule has 0 unspecified atom stereocenters. The molecule has 0 bridgehead atoms. The number of thioether (sulfide) groups is 1. The topological polar surface area (TPSA) is 50.7 Å². The van der Waals surface area contributed by atoms with Crippen molar-refractivity contribution in [3.8, 4) is 5.75 Å². The highest BCUT2D eigenvalue weighted by molar-refractivity contribution is 9.11. The van der Waals surface area contributed by atoms with Crippen LogP contribution in [0.1, 0.15) is 22.3 Å². The Balaban J connectivity index is 1.46. The lowest BCUT2D eigenvalue weighted by Crippen LogP contribution is -2.19. The standard InChI is InChI=1S/C25H19Br3N2O2S/c1-14-9-19(10-15(2)23(14)28)29-25-30-24(31)22(33-25)12-17-5-8-21(20(27)11-17)32-13-16-3-6-18(26)7-4-16/h3-12H,13H2,1-2H3,(H,29,30,31)/b22-12-. The van der Waals surface area contributed by atoms with Crippen molar-refractivity contribution in [3.05, 3.63) is 95.2 Å². The van der Waals surface area contributed by atoms with Gasteiger partial charge in [0.05, 0.1) is 15.1 Å². The van der Waals surface area contributed by atoms with Crippen molar-refractivity contribution >= 4 is 82.4 Å². The molecule has 0 aliphatic carbocycles. The highest BCUT2D eigenvalue weighted by Crippen LogP contribution is 2.33. The molecule has 1 N–H and O–H groups in total. The average Bonchev–Trinajstić information content (AvgIpc) is 3.11. The van der Waals surface area contributed by atoms with E-state index < -0.39 is 0 Å². The Kier molecular flexibility index (Phi) is 7.79. The number of nitrogens with one attached hydrogen (secondary N) is 1. The summed E-state index contributed by atoms with van der Waals surface area (Å²) in [4.78, 5) is 17.7. The van der Waals surface area contributed by atoms with Gasteiger partial charge in [0.2, 0.25) is 0 Å². The second kappa shape index (κ2) is 10.6. The first-order valence-electron chi connectivity index (χ1n) is 10.0. The van der Waals surface area contributed by atoms with Crippen LogP contribution in [0.5, 0.6) is 5.75 Å². The fourth-order valence-electron chi connectivity index (χ4n) is 3.20. The van der Waals surface area contributed by atoms with Gasteiger partial charge in [-0.3, -0.25) is 4.79 Å². The number of aryl methyl sites for hydroxylation is 2. The van der Waals surface area contributed by atoms with E-state index in [0.717, 1.165) is 47.1 Å². The minimum absolute atomic E-state index is 0.156. The van der Waals surface area contributed by atoms with Gasteiger partial charge in [-0.25, -0.2) is 4.99 Å². The Hall–Kier alpha value is -1.87. The summed E-state index contributed by atoms with van der Waals surface area (Å²) in [6.45, 7) is 4.52. The number of hydrogen-bond donors (Lipinski definition) is 1. The molecule has 33 heavy (non-hydrogen) atoms. The van der Waals surface area contributed by atoms with Crippen molar-refractivity contribution in [1.82, 2.24) is 5.32 Å². The number of nitrogens with zero attached hydrogens (tertiary/aromatic N) is 1. The smallest absolute Gasteiger partial charge is 0.264 e. The second-order valence-electron chi connectivity index (χ2n) is 7.48. The number of carbonyl (C=O) groups is 1. The number of ether oxygens (including phenoxy) is 1. The lowest BCUT2D eigenvalue weighted by Gasteiger charge is -2.09. The van der Waals surface area contributed by atoms with Gasteiger partial charge in [-0.1, -0.05) is 50.1 Å². The van der Waals surface area contributed by atoms with Gasteiger partial charge in [-0.15, -0.1) is 0 Å². The summed E-state index contributed by atoms with van der Waals surface area (Å²) in [5.74, 6) is 0.586. The number of rotatable bonds is 5. The van der Waals surface area contributed by atoms with Crippen LogP contribution in [-0.2, 0) is 11.4 Å². The van der Waals surface area contributed by atoms with Crippen molar-refractivity contribution in [2.24, 2.45) is 4.99 Å². The van der Waals surface area contributed by atoms with Crippen molar-refractivity contribution < 1.29 is 9.53 Å². The Bertz CT molecular complexity index is 1260. The monoisotopic (exact) mass is 648 g/mol. The molecule has 168 valence electrons. The number of amidine groups is 1. The summed E-state index contributed by atoms with van der Waals surface area (Å²) in [6.07, 6.45) is 1.85. The summed E-state index contributed by atoms with van der Waals surface area (Å²) in [5, 5.41) is 3.42. The normalized spacial score (nSPS) is 15.8. The molecule has 1 saturated heterocycles. The molecule has 0 radical (unpaired) electrons. The molecule has 0 saturated carbocycles. The molecular weight excluding hydrogens is 632 g/mol. The van der Waals surface area contributed by atoms with Gasteiger partial charge in [-0.2, -0.15) is 0 Å². The molecule has 1 aliphatic heterocycles. The molecule has 4 rings (SSSR count). The molecule has 0 aromatic heterocycles. The summed E-state index contributed by atoms with van der Waals surface area (Å²) < 4.78 is 8.87. The molecule has 1 amide bonds. The van der Waals surface area contributed by atoms with Crippen molar-refractivity contribution in [2.45, 2.75) is 20.5 Å². The van der Waals surface area contributed by atoms with Gasteiger partial charge in [0.15, 0.2) is 5.17 Å². The molecule has 3 aromatic rings. The summed E-state index contributed by atoms with van der Waals surface area (Å²) in [5.41, 5.74) is 5.00. The Morgan fingerprint density at radius 1 is 1.00 bits per heavy atom. The second-order valence-corrected chi connectivity index (χ2v) is 11.1. The molecule has 8 heteroatoms. The predicted molar refractivity (Wildman–Crippen MR) is 147 cm³/mol. The molecule has 1 heterocycles. The van der Waals surface area contributed by atoms with E-state index >= 15 is 0 Å². The third-order valence-corrected chi connectivity index (χ3v) is 8.17. The molecular formula is C25H19Br3N2O2S. The van der Waals surface area contributed by atoms with E-state index in [4.69, 9.17) is 4.74 Å². The fourth-order valence-corrected chi connectivity index (χ4v) is 5.05. The first-order chi connectivity index (χ1) is 15.8. The maximum atomic E-state index is 12.5. The quantitative estimate of drug-likeness (QED) is 0.284. The van der Waals surface area contributed by atoms with E-state index in [0.29, 0.717) is 16.7 Å². The van der Waals surface area contributed by atoms with Gasteiger partial charge in [-0.05, 0) is 106 Å². The third kappa shape index (κ3) is 6.18. The van der Waals surface area contributed by atoms with E-state index in [-0.39, 0.29) is 5.91 Å². The molecule has 4 nitrogen and oxygen atoms in total. The average molecular weight is 651 g/mol. The Morgan fingerprint density at radius 2 is 1.70 bits per heavy atom. The van der Waals surface area contributed by atoms with E-state index in [1.165, 1.54) is 11.8 Å². The first kappa shape index (κ1) is 24.3. The van der Waals surface area contributed by atoms with Crippen molar-refractivity contribution in [2.75, 3.05) is 0 Å². The highest BCUT2D eigenvalue weighted by atomic mass is 79.9. The zero-order valence-corrected chi connectivity index (χ0v) is 23.4. The van der Waals surface area contributed by atoms with Gasteiger partial charge in [0.25, 0.3) is 5.91 Å². The third-order valence-electron chi connectivity index (χ3n) is 4.86. The van der Waals surface area contributed by atoms with Crippen LogP contribution in [0.25, 0.3) is 6.08 Å². The number of amides is 1. The van der Waals surface area contributed by atoms with Gasteiger partial charge in [0.1, 0.15) is 12.4 Å². The van der Waals surface area contributed by atoms with Crippen LogP contribution in [0.15, 0.2) is 77.9 Å². The van der Waals surface area contributed by atoms with E-state index in [1.54, 1.807) is 0 Å². The zero-order chi connectivity index (χ0) is 23.5. The highest BCUT2D eigenvalue weighted by Gasteiger charge is 2.24. The SMILES string of the molecule is Cc1cc(N=C2NC(=O)/C(=C/c3ccc(OCc4ccc(Br)cc4)c(Br)c3)S2)cc(C)c1Br. The number of halogens is 3. The maximum absolute atomic E-state index is 12.5. The van der Waals surface area contributed by atoms with Crippen molar-refractivity contribution in [3.63, 3.8) is 0 Å². The van der Waals surface area contributed by atoms with Crippen LogP contribution >= 0.6 is 59.6 Å². The molecule has 0 atom stereocenters. The molecule has 1 aliphatic rings. The van der Waals surface area contributed by atoms with E-state index in [9.17, 15) is 4.79 Å². The minimum Gasteiger partial charge on any atom is -0.488 e.